The lowest BCUT2D eigenvalue weighted by atomic mass is 10.5. The van der Waals surface area contributed by atoms with Gasteiger partial charge in [0.25, 0.3) is 0 Å². The highest BCUT2D eigenvalue weighted by molar-refractivity contribution is 6.22. The van der Waals surface area contributed by atoms with Crippen molar-refractivity contribution in [2.24, 2.45) is 0 Å². The first kappa shape index (κ1) is 6.83. The normalized spacial score (nSPS) is 10.7. The van der Waals surface area contributed by atoms with Crippen LogP contribution in [0.25, 0.3) is 0 Å². The molecule has 2 heteroatoms. The van der Waals surface area contributed by atoms with Crippen LogP contribution in [0.3, 0.4) is 0 Å². The first-order chi connectivity index (χ1) is 3.06. The van der Waals surface area contributed by atoms with Crippen molar-refractivity contribution >= 4 is 11.6 Å². The summed E-state index contributed by atoms with van der Waals surface area (Å²) in [5.41, 5.74) is 0. The Bertz CT molecular complexity index is 63.0. The molecule has 0 rings (SSSR count). The number of hydrogen-bond donors (Lipinski definition) is 0. The van der Waals surface area contributed by atoms with Gasteiger partial charge in [0.15, 0.2) is 5.06 Å². The number of halogens is 1. The number of hydrogen-bond acceptors (Lipinski definition) is 1. The fraction of sp³-hybridized carbons (Fsp3) is 0.600. The van der Waals surface area contributed by atoms with E-state index in [-0.39, 0.29) is 0 Å². The van der Waals surface area contributed by atoms with Crippen LogP contribution in [0.2, 0.25) is 0 Å². The molecule has 0 bridgehead atoms. The highest BCUT2D eigenvalue weighted by Crippen LogP contribution is 2.13. The van der Waals surface area contributed by atoms with E-state index in [0.29, 0.717) is 0 Å². The Morgan fingerprint density at radius 3 is 2.14 bits per heavy atom. The van der Waals surface area contributed by atoms with Crippen molar-refractivity contribution in [2.45, 2.75) is 18.9 Å². The molecule has 7 heavy (non-hydrogen) atoms. The minimum atomic E-state index is -0.595. The Balaban J connectivity index is 3.34. The van der Waals surface area contributed by atoms with Gasteiger partial charge in [0.2, 0.25) is 0 Å². The standard InChI is InChI=1S/C5H9ClO/c1-4-7-5(2,3)6/h4H,1H2,2-3H3. The van der Waals surface area contributed by atoms with E-state index in [0.717, 1.165) is 0 Å². The monoisotopic (exact) mass is 120 g/mol. The van der Waals surface area contributed by atoms with Gasteiger partial charge in [-0.1, -0.05) is 18.2 Å². The van der Waals surface area contributed by atoms with Crippen LogP contribution in [0.5, 0.6) is 0 Å². The molecule has 0 aliphatic heterocycles. The van der Waals surface area contributed by atoms with Crippen LogP contribution < -0.4 is 0 Å². The number of alkyl halides is 1. The van der Waals surface area contributed by atoms with E-state index in [1.807, 2.05) is 0 Å². The third-order valence-corrected chi connectivity index (χ3v) is 0.453. The van der Waals surface area contributed by atoms with E-state index in [1.54, 1.807) is 13.8 Å². The lowest BCUT2D eigenvalue weighted by molar-refractivity contribution is 0.140. The molecule has 0 aromatic heterocycles. The molecule has 0 spiro atoms. The van der Waals surface area contributed by atoms with Gasteiger partial charge in [0.05, 0.1) is 6.26 Å². The van der Waals surface area contributed by atoms with Crippen molar-refractivity contribution in [3.8, 4) is 0 Å². The molecule has 0 aromatic rings. The van der Waals surface area contributed by atoms with Gasteiger partial charge in [-0.05, 0) is 13.8 Å². The fourth-order valence-electron chi connectivity index (χ4n) is 0.198. The van der Waals surface area contributed by atoms with E-state index < -0.39 is 5.06 Å². The van der Waals surface area contributed by atoms with E-state index in [1.165, 1.54) is 6.26 Å². The maximum absolute atomic E-state index is 5.54. The summed E-state index contributed by atoms with van der Waals surface area (Å²) in [4.78, 5) is 0. The first-order valence-corrected chi connectivity index (χ1v) is 2.42. The van der Waals surface area contributed by atoms with Crippen molar-refractivity contribution in [3.63, 3.8) is 0 Å². The van der Waals surface area contributed by atoms with Gasteiger partial charge in [0.1, 0.15) is 0 Å². The lowest BCUT2D eigenvalue weighted by Gasteiger charge is -2.13. The summed E-state index contributed by atoms with van der Waals surface area (Å²) in [7, 11) is 0. The van der Waals surface area contributed by atoms with Crippen LogP contribution >= 0.6 is 11.6 Å². The van der Waals surface area contributed by atoms with Gasteiger partial charge >= 0.3 is 0 Å². The van der Waals surface area contributed by atoms with Crippen LogP contribution in [0.15, 0.2) is 12.8 Å². The summed E-state index contributed by atoms with van der Waals surface area (Å²) < 4.78 is 4.76. The zero-order valence-electron chi connectivity index (χ0n) is 4.57. The summed E-state index contributed by atoms with van der Waals surface area (Å²) in [6.07, 6.45) is 1.33. The first-order valence-electron chi connectivity index (χ1n) is 2.04. The minimum absolute atomic E-state index is 0.595. The fourth-order valence-corrected chi connectivity index (χ4v) is 0.261. The summed E-state index contributed by atoms with van der Waals surface area (Å²) in [6.45, 7) is 6.83. The van der Waals surface area contributed by atoms with Gasteiger partial charge < -0.3 is 4.74 Å². The molecular formula is C5H9ClO. The van der Waals surface area contributed by atoms with Crippen molar-refractivity contribution < 1.29 is 4.74 Å². The van der Waals surface area contributed by atoms with Crippen LogP contribution in [0, 0.1) is 0 Å². The zero-order chi connectivity index (χ0) is 5.91. The van der Waals surface area contributed by atoms with Crippen LogP contribution in [-0.2, 0) is 4.74 Å². The summed E-state index contributed by atoms with van der Waals surface area (Å²) >= 11 is 5.54. The van der Waals surface area contributed by atoms with Crippen LogP contribution in [0.4, 0.5) is 0 Å². The third-order valence-electron chi connectivity index (χ3n) is 0.364. The summed E-state index contributed by atoms with van der Waals surface area (Å²) in [5.74, 6) is 0. The van der Waals surface area contributed by atoms with Gasteiger partial charge in [0, 0.05) is 0 Å². The Hall–Kier alpha value is -0.170. The molecular weight excluding hydrogens is 112 g/mol. The highest BCUT2D eigenvalue weighted by atomic mass is 35.5. The largest absolute Gasteiger partial charge is 0.481 e. The molecule has 1 nitrogen and oxygen atoms in total. The maximum atomic E-state index is 5.54. The average Bonchev–Trinajstić information content (AvgIpc) is 1.30. The quantitative estimate of drug-likeness (QED) is 0.401. The zero-order valence-corrected chi connectivity index (χ0v) is 5.33. The van der Waals surface area contributed by atoms with Crippen LogP contribution in [-0.4, -0.2) is 5.06 Å². The second-order valence-electron chi connectivity index (χ2n) is 1.65. The molecule has 0 saturated heterocycles. The molecule has 0 aliphatic carbocycles. The molecule has 0 heterocycles. The van der Waals surface area contributed by atoms with Crippen molar-refractivity contribution in [1.82, 2.24) is 0 Å². The average molecular weight is 121 g/mol. The number of ether oxygens (including phenoxy) is 1. The Morgan fingerprint density at radius 1 is 1.71 bits per heavy atom. The third kappa shape index (κ3) is 5.83. The molecule has 0 saturated carbocycles. The molecule has 0 aliphatic rings. The molecule has 0 N–H and O–H groups in total. The SMILES string of the molecule is C=COC(C)(C)Cl. The second kappa shape index (κ2) is 2.22. The molecule has 0 amide bonds. The molecule has 0 fully saturated rings. The van der Waals surface area contributed by atoms with Gasteiger partial charge in [-0.3, -0.25) is 0 Å². The Morgan fingerprint density at radius 2 is 2.14 bits per heavy atom. The molecule has 0 aromatic carbocycles. The van der Waals surface area contributed by atoms with Crippen LogP contribution in [0.1, 0.15) is 13.8 Å². The summed E-state index contributed by atoms with van der Waals surface area (Å²) in [6, 6.07) is 0. The molecule has 0 unspecified atom stereocenters. The predicted octanol–water partition coefficient (Wildman–Crippen LogP) is 2.12. The van der Waals surface area contributed by atoms with Crippen molar-refractivity contribution in [3.05, 3.63) is 12.8 Å². The van der Waals surface area contributed by atoms with Gasteiger partial charge in [-0.2, -0.15) is 0 Å². The van der Waals surface area contributed by atoms with Crippen molar-refractivity contribution in [2.75, 3.05) is 0 Å². The maximum Gasteiger partial charge on any atom is 0.176 e. The smallest absolute Gasteiger partial charge is 0.176 e. The summed E-state index contributed by atoms with van der Waals surface area (Å²) in [5, 5.41) is -0.595. The Kier molecular flexibility index (Phi) is 2.16. The van der Waals surface area contributed by atoms with Crippen molar-refractivity contribution in [1.29, 1.82) is 0 Å². The molecule has 42 valence electrons. The lowest BCUT2D eigenvalue weighted by Crippen LogP contribution is -2.10. The van der Waals surface area contributed by atoms with E-state index >= 15 is 0 Å². The Labute approximate surface area is 48.9 Å². The van der Waals surface area contributed by atoms with E-state index in [9.17, 15) is 0 Å². The highest BCUT2D eigenvalue weighted by Gasteiger charge is 2.09. The molecule has 0 radical (unpaired) electrons. The minimum Gasteiger partial charge on any atom is -0.481 e. The predicted molar refractivity (Wildman–Crippen MR) is 31.2 cm³/mol. The van der Waals surface area contributed by atoms with E-state index in [2.05, 4.69) is 6.58 Å². The van der Waals surface area contributed by atoms with Gasteiger partial charge in [-0.15, -0.1) is 0 Å². The van der Waals surface area contributed by atoms with E-state index in [4.69, 9.17) is 16.3 Å². The topological polar surface area (TPSA) is 9.23 Å². The van der Waals surface area contributed by atoms with Gasteiger partial charge in [-0.25, -0.2) is 0 Å². The number of rotatable bonds is 2. The second-order valence-corrected chi connectivity index (χ2v) is 2.56. The molecule has 0 atom stereocenters.